The van der Waals surface area contributed by atoms with Crippen LogP contribution in [0.15, 0.2) is 17.4 Å². The summed E-state index contributed by atoms with van der Waals surface area (Å²) in [6.07, 6.45) is -0.210. The number of carbonyl (C=O) groups excluding carboxylic acids is 1. The lowest BCUT2D eigenvalue weighted by atomic mass is 10.3. The zero-order valence-corrected chi connectivity index (χ0v) is 18.6. The van der Waals surface area contributed by atoms with Crippen LogP contribution in [0.2, 0.25) is 0 Å². The number of aliphatic imine (C=N–C) groups is 1. The lowest BCUT2D eigenvalue weighted by molar-refractivity contribution is -0.143. The van der Waals surface area contributed by atoms with E-state index in [-0.39, 0.29) is 36.4 Å². The van der Waals surface area contributed by atoms with E-state index in [0.29, 0.717) is 38.6 Å². The molecule has 0 bridgehead atoms. The van der Waals surface area contributed by atoms with Crippen molar-refractivity contribution in [2.75, 3.05) is 58.3 Å². The van der Waals surface area contributed by atoms with Crippen molar-refractivity contribution in [3.05, 3.63) is 12.4 Å². The van der Waals surface area contributed by atoms with Gasteiger partial charge in [-0.1, -0.05) is 0 Å². The van der Waals surface area contributed by atoms with Crippen molar-refractivity contribution >= 4 is 41.5 Å². The van der Waals surface area contributed by atoms with Gasteiger partial charge in [-0.3, -0.25) is 19.4 Å². The van der Waals surface area contributed by atoms with Gasteiger partial charge in [-0.2, -0.15) is 18.3 Å². The topological polar surface area (TPSA) is 69.0 Å². The number of nitrogens with zero attached hydrogens (tertiary/aromatic N) is 6. The molecule has 2 rings (SSSR count). The first-order valence-electron chi connectivity index (χ1n) is 8.69. The van der Waals surface area contributed by atoms with Crippen LogP contribution >= 0.6 is 24.0 Å². The van der Waals surface area contributed by atoms with Crippen LogP contribution in [0.5, 0.6) is 0 Å². The van der Waals surface area contributed by atoms with Crippen LogP contribution in [0.3, 0.4) is 0 Å². The molecule has 28 heavy (non-hydrogen) atoms. The van der Waals surface area contributed by atoms with E-state index in [2.05, 4.69) is 15.4 Å². The molecule has 1 N–H and O–H groups in total. The molecule has 1 aliphatic heterocycles. The second-order valence-electron chi connectivity index (χ2n) is 6.52. The summed E-state index contributed by atoms with van der Waals surface area (Å²) in [5.74, 6) is 0.523. The van der Waals surface area contributed by atoms with Crippen molar-refractivity contribution in [3.63, 3.8) is 0 Å². The summed E-state index contributed by atoms with van der Waals surface area (Å²) in [6, 6.07) is 0. The number of nitrogens with one attached hydrogen (secondary N) is 1. The van der Waals surface area contributed by atoms with Gasteiger partial charge in [0.25, 0.3) is 0 Å². The van der Waals surface area contributed by atoms with Gasteiger partial charge < -0.3 is 15.1 Å². The Morgan fingerprint density at radius 1 is 1.39 bits per heavy atom. The van der Waals surface area contributed by atoms with Crippen molar-refractivity contribution in [1.82, 2.24) is 24.9 Å². The third-order valence-corrected chi connectivity index (χ3v) is 4.18. The van der Waals surface area contributed by atoms with E-state index in [1.54, 1.807) is 36.1 Å². The number of anilines is 1. The molecule has 12 heteroatoms. The molecule has 0 spiro atoms. The number of rotatable bonds is 6. The number of guanidine groups is 1. The third kappa shape index (κ3) is 7.45. The molecule has 0 atom stereocenters. The van der Waals surface area contributed by atoms with Crippen LogP contribution in [0.4, 0.5) is 18.9 Å². The second kappa shape index (κ2) is 10.8. The lowest BCUT2D eigenvalue weighted by Gasteiger charge is -2.35. The van der Waals surface area contributed by atoms with Gasteiger partial charge in [-0.15, -0.1) is 24.0 Å². The molecule has 1 aliphatic rings. The van der Waals surface area contributed by atoms with E-state index in [9.17, 15) is 18.0 Å². The van der Waals surface area contributed by atoms with Crippen molar-refractivity contribution in [2.45, 2.75) is 12.6 Å². The van der Waals surface area contributed by atoms with Crippen molar-refractivity contribution in [3.8, 4) is 0 Å². The SMILES string of the molecule is CN=C(NCCCN(C)CC(F)(F)F)N1CCN(c2cnn(C)c2)C(=O)C1.I. The first-order chi connectivity index (χ1) is 12.7. The Balaban J connectivity index is 0.00000392. The monoisotopic (exact) mass is 517 g/mol. The van der Waals surface area contributed by atoms with Crippen LogP contribution in [-0.2, 0) is 11.8 Å². The maximum Gasteiger partial charge on any atom is 0.401 e. The van der Waals surface area contributed by atoms with Crippen LogP contribution in [0.1, 0.15) is 6.42 Å². The molecule has 8 nitrogen and oxygen atoms in total. The quantitative estimate of drug-likeness (QED) is 0.266. The molecule has 0 aliphatic carbocycles. The van der Waals surface area contributed by atoms with Gasteiger partial charge in [0, 0.05) is 39.9 Å². The number of hydrogen-bond donors (Lipinski definition) is 1. The van der Waals surface area contributed by atoms with Gasteiger partial charge in [0.15, 0.2) is 5.96 Å². The van der Waals surface area contributed by atoms with E-state index < -0.39 is 12.7 Å². The Morgan fingerprint density at radius 2 is 2.11 bits per heavy atom. The molecule has 0 aromatic carbocycles. The molecule has 1 fully saturated rings. The summed E-state index contributed by atoms with van der Waals surface area (Å²) in [4.78, 5) is 21.4. The molecule has 1 aromatic rings. The molecular weight excluding hydrogens is 490 g/mol. The number of aryl methyl sites for hydroxylation is 1. The van der Waals surface area contributed by atoms with Gasteiger partial charge in [-0.25, -0.2) is 0 Å². The third-order valence-electron chi connectivity index (χ3n) is 4.18. The van der Waals surface area contributed by atoms with Crippen LogP contribution in [-0.4, -0.2) is 91.0 Å². The maximum atomic E-state index is 12.4. The summed E-state index contributed by atoms with van der Waals surface area (Å²) in [6.45, 7) is 1.17. The number of alkyl halides is 3. The first kappa shape index (κ1) is 24.5. The number of aromatic nitrogens is 2. The summed E-state index contributed by atoms with van der Waals surface area (Å²) in [7, 11) is 4.86. The summed E-state index contributed by atoms with van der Waals surface area (Å²) < 4.78 is 38.6. The Hall–Kier alpha value is -1.57. The van der Waals surface area contributed by atoms with Crippen LogP contribution in [0.25, 0.3) is 0 Å². The predicted octanol–water partition coefficient (Wildman–Crippen LogP) is 1.15. The highest BCUT2D eigenvalue weighted by atomic mass is 127. The minimum absolute atomic E-state index is 0. The van der Waals surface area contributed by atoms with Gasteiger partial charge in [0.2, 0.25) is 5.91 Å². The lowest BCUT2D eigenvalue weighted by Crippen LogP contribution is -2.55. The van der Waals surface area contributed by atoms with E-state index in [4.69, 9.17) is 0 Å². The number of piperazine rings is 1. The highest BCUT2D eigenvalue weighted by Gasteiger charge is 2.29. The molecular formula is C16H27F3IN7O. The number of amides is 1. The Morgan fingerprint density at radius 3 is 2.64 bits per heavy atom. The van der Waals surface area contributed by atoms with Gasteiger partial charge >= 0.3 is 6.18 Å². The van der Waals surface area contributed by atoms with Gasteiger partial charge in [-0.05, 0) is 20.0 Å². The molecule has 0 radical (unpaired) electrons. The molecule has 1 saturated heterocycles. The molecule has 0 saturated carbocycles. The van der Waals surface area contributed by atoms with Crippen LogP contribution < -0.4 is 10.2 Å². The fourth-order valence-corrected chi connectivity index (χ4v) is 2.94. The smallest absolute Gasteiger partial charge is 0.356 e. The Kier molecular flexibility index (Phi) is 9.47. The predicted molar refractivity (Wildman–Crippen MR) is 112 cm³/mol. The molecule has 1 amide bonds. The molecule has 160 valence electrons. The number of hydrogen-bond acceptors (Lipinski definition) is 4. The first-order valence-corrected chi connectivity index (χ1v) is 8.69. The maximum absolute atomic E-state index is 12.4. The van der Waals surface area contributed by atoms with Crippen LogP contribution in [0, 0.1) is 0 Å². The Labute approximate surface area is 179 Å². The van der Waals surface area contributed by atoms with Crippen molar-refractivity contribution < 1.29 is 18.0 Å². The van der Waals surface area contributed by atoms with E-state index in [1.165, 1.54) is 11.9 Å². The van der Waals surface area contributed by atoms with Crippen molar-refractivity contribution in [1.29, 1.82) is 0 Å². The molecule has 0 unspecified atom stereocenters. The van der Waals surface area contributed by atoms with Gasteiger partial charge in [0.05, 0.1) is 18.4 Å². The summed E-state index contributed by atoms with van der Waals surface area (Å²) in [5.41, 5.74) is 0.762. The second-order valence-corrected chi connectivity index (χ2v) is 6.52. The zero-order valence-electron chi connectivity index (χ0n) is 16.2. The average molecular weight is 517 g/mol. The minimum Gasteiger partial charge on any atom is -0.356 e. The van der Waals surface area contributed by atoms with E-state index in [0.717, 1.165) is 5.69 Å². The van der Waals surface area contributed by atoms with Crippen molar-refractivity contribution in [2.24, 2.45) is 12.0 Å². The van der Waals surface area contributed by atoms with Gasteiger partial charge in [0.1, 0.15) is 6.54 Å². The average Bonchev–Trinajstić information content (AvgIpc) is 2.99. The summed E-state index contributed by atoms with van der Waals surface area (Å²) >= 11 is 0. The Bertz CT molecular complexity index is 665. The van der Waals surface area contributed by atoms with E-state index in [1.807, 2.05) is 4.90 Å². The zero-order chi connectivity index (χ0) is 20.0. The fourth-order valence-electron chi connectivity index (χ4n) is 2.94. The highest BCUT2D eigenvalue weighted by Crippen LogP contribution is 2.16. The minimum atomic E-state index is -4.19. The largest absolute Gasteiger partial charge is 0.401 e. The standard InChI is InChI=1S/C16H26F3N7O.HI/c1-20-15(21-5-4-6-23(2)12-16(17,18)19)25-7-8-26(14(27)11-25)13-9-22-24(3)10-13;/h9-10H,4-8,11-12H2,1-3H3,(H,20,21);1H. The molecule has 2 heterocycles. The highest BCUT2D eigenvalue weighted by molar-refractivity contribution is 14.0. The van der Waals surface area contributed by atoms with E-state index >= 15 is 0 Å². The number of carbonyl (C=O) groups is 1. The fraction of sp³-hybridized carbons (Fsp3) is 0.688. The summed E-state index contributed by atoms with van der Waals surface area (Å²) in [5, 5.41) is 7.20. The normalized spacial score (nSPS) is 15.8. The molecule has 1 aromatic heterocycles. The number of halogens is 4.